The summed E-state index contributed by atoms with van der Waals surface area (Å²) in [6.07, 6.45) is 8.41. The maximum absolute atomic E-state index is 11.3. The van der Waals surface area contributed by atoms with Crippen LogP contribution in [0.15, 0.2) is 89.1 Å². The van der Waals surface area contributed by atoms with Crippen LogP contribution in [0.1, 0.15) is 17.0 Å². The number of benzene rings is 2. The summed E-state index contributed by atoms with van der Waals surface area (Å²) in [5.74, 6) is 1.62. The minimum absolute atomic E-state index is 0.0248. The molecule has 1 aliphatic heterocycles. The Hall–Kier alpha value is -4.39. The molecule has 1 N–H and O–H groups in total. The number of aryl methyl sites for hydroxylation is 1. The van der Waals surface area contributed by atoms with Crippen LogP contribution < -0.4 is 10.1 Å². The van der Waals surface area contributed by atoms with Gasteiger partial charge in [-0.1, -0.05) is 54.6 Å². The number of oxazole rings is 1. The summed E-state index contributed by atoms with van der Waals surface area (Å²) in [5, 5.41) is 2.03. The highest BCUT2D eigenvalue weighted by molar-refractivity contribution is 6.07. The van der Waals surface area contributed by atoms with Gasteiger partial charge in [0.1, 0.15) is 11.5 Å². The predicted octanol–water partition coefficient (Wildman–Crippen LogP) is 4.99. The summed E-state index contributed by atoms with van der Waals surface area (Å²) in [5.41, 5.74) is 2.83. The van der Waals surface area contributed by atoms with Crippen LogP contribution >= 0.6 is 0 Å². The SMILES string of the molecule is Cc1oc(-c2ccccc2)nc1CCOc1ccc(/C=C/C=C/C=C2\OC(=O)NC2=O)cc1. The molecule has 166 valence electrons. The van der Waals surface area contributed by atoms with Crippen molar-refractivity contribution < 1.29 is 23.5 Å². The smallest absolute Gasteiger partial charge is 0.419 e. The van der Waals surface area contributed by atoms with Crippen LogP contribution in [-0.2, 0) is 16.0 Å². The molecule has 33 heavy (non-hydrogen) atoms. The van der Waals surface area contributed by atoms with Crippen molar-refractivity contribution in [1.29, 1.82) is 0 Å². The molecule has 0 spiro atoms. The molecule has 0 atom stereocenters. The number of amides is 2. The molecule has 7 heteroatoms. The van der Waals surface area contributed by atoms with Crippen molar-refractivity contribution in [2.45, 2.75) is 13.3 Å². The molecule has 0 bridgehead atoms. The molecule has 0 aliphatic carbocycles. The third kappa shape index (κ3) is 5.86. The summed E-state index contributed by atoms with van der Waals surface area (Å²) in [4.78, 5) is 26.9. The van der Waals surface area contributed by atoms with Crippen molar-refractivity contribution in [3.63, 3.8) is 0 Å². The average Bonchev–Trinajstić information content (AvgIpc) is 3.35. The molecule has 2 amide bonds. The molecule has 7 nitrogen and oxygen atoms in total. The first kappa shape index (κ1) is 21.8. The molecule has 2 aromatic carbocycles. The number of carbonyl (C=O) groups excluding carboxylic acids is 2. The van der Waals surface area contributed by atoms with E-state index in [0.29, 0.717) is 18.9 Å². The summed E-state index contributed by atoms with van der Waals surface area (Å²) >= 11 is 0. The quantitative estimate of drug-likeness (QED) is 0.390. The first-order valence-electron chi connectivity index (χ1n) is 10.4. The number of imide groups is 1. The Kier molecular flexibility index (Phi) is 6.80. The van der Waals surface area contributed by atoms with Crippen molar-refractivity contribution in [2.24, 2.45) is 0 Å². The van der Waals surface area contributed by atoms with Crippen molar-refractivity contribution >= 4 is 18.1 Å². The van der Waals surface area contributed by atoms with E-state index in [1.807, 2.05) is 79.0 Å². The molecule has 1 fully saturated rings. The van der Waals surface area contributed by atoms with E-state index in [1.165, 1.54) is 6.08 Å². The van der Waals surface area contributed by atoms with Crippen LogP contribution in [0.2, 0.25) is 0 Å². The Balaban J connectivity index is 1.25. The van der Waals surface area contributed by atoms with Gasteiger partial charge in [-0.15, -0.1) is 0 Å². The number of ether oxygens (including phenoxy) is 2. The minimum atomic E-state index is -0.759. The van der Waals surface area contributed by atoms with Crippen LogP contribution in [0.25, 0.3) is 17.5 Å². The zero-order chi connectivity index (χ0) is 23.0. The number of nitrogens with one attached hydrogen (secondary N) is 1. The van der Waals surface area contributed by atoms with E-state index in [-0.39, 0.29) is 5.76 Å². The molecule has 0 saturated carbocycles. The summed E-state index contributed by atoms with van der Waals surface area (Å²) in [6, 6.07) is 17.5. The number of carbonyl (C=O) groups is 2. The Bertz CT molecular complexity index is 1220. The summed E-state index contributed by atoms with van der Waals surface area (Å²) in [6.45, 7) is 2.40. The van der Waals surface area contributed by atoms with Crippen LogP contribution in [0.4, 0.5) is 4.79 Å². The number of aromatic nitrogens is 1. The third-order valence-corrected chi connectivity index (χ3v) is 4.80. The van der Waals surface area contributed by atoms with Gasteiger partial charge in [-0.2, -0.15) is 0 Å². The Morgan fingerprint density at radius 2 is 1.79 bits per heavy atom. The van der Waals surface area contributed by atoms with Crippen molar-refractivity contribution in [3.8, 4) is 17.2 Å². The van der Waals surface area contributed by atoms with Crippen LogP contribution in [0.5, 0.6) is 5.75 Å². The van der Waals surface area contributed by atoms with Crippen molar-refractivity contribution in [1.82, 2.24) is 10.3 Å². The second-order valence-corrected chi connectivity index (χ2v) is 7.17. The van der Waals surface area contributed by atoms with Gasteiger partial charge in [-0.05, 0) is 42.8 Å². The van der Waals surface area contributed by atoms with Gasteiger partial charge in [-0.3, -0.25) is 10.1 Å². The van der Waals surface area contributed by atoms with Gasteiger partial charge in [-0.25, -0.2) is 9.78 Å². The first-order valence-corrected chi connectivity index (χ1v) is 10.4. The maximum atomic E-state index is 11.3. The number of hydrogen-bond acceptors (Lipinski definition) is 6. The molecule has 2 heterocycles. The Morgan fingerprint density at radius 3 is 2.52 bits per heavy atom. The molecule has 1 saturated heterocycles. The van der Waals surface area contributed by atoms with Gasteiger partial charge >= 0.3 is 6.09 Å². The lowest BCUT2D eigenvalue weighted by atomic mass is 10.2. The number of hydrogen-bond donors (Lipinski definition) is 1. The summed E-state index contributed by atoms with van der Waals surface area (Å²) < 4.78 is 16.3. The zero-order valence-corrected chi connectivity index (χ0v) is 18.0. The van der Waals surface area contributed by atoms with Crippen LogP contribution in [-0.4, -0.2) is 23.6 Å². The van der Waals surface area contributed by atoms with Gasteiger partial charge < -0.3 is 13.9 Å². The van der Waals surface area contributed by atoms with Crippen LogP contribution in [0.3, 0.4) is 0 Å². The van der Waals surface area contributed by atoms with Crippen molar-refractivity contribution in [2.75, 3.05) is 6.61 Å². The lowest BCUT2D eigenvalue weighted by Gasteiger charge is -2.05. The fourth-order valence-electron chi connectivity index (χ4n) is 3.11. The lowest BCUT2D eigenvalue weighted by Crippen LogP contribution is -2.18. The molecule has 1 aromatic heterocycles. The third-order valence-electron chi connectivity index (χ3n) is 4.80. The maximum Gasteiger partial charge on any atom is 0.419 e. The molecular formula is C26H22N2O5. The molecule has 0 unspecified atom stereocenters. The number of nitrogens with zero attached hydrogens (tertiary/aromatic N) is 1. The van der Waals surface area contributed by atoms with Gasteiger partial charge in [0, 0.05) is 12.0 Å². The summed E-state index contributed by atoms with van der Waals surface area (Å²) in [7, 11) is 0. The number of alkyl carbamates (subject to hydrolysis) is 1. The van der Waals surface area contributed by atoms with E-state index < -0.39 is 12.0 Å². The van der Waals surface area contributed by atoms with Gasteiger partial charge in [0.15, 0.2) is 5.76 Å². The van der Waals surface area contributed by atoms with E-state index in [1.54, 1.807) is 12.2 Å². The number of allylic oxidation sites excluding steroid dienone is 4. The first-order chi connectivity index (χ1) is 16.1. The standard InChI is InChI=1S/C26H22N2O5/c1-18-22(27-25(32-18)20-9-5-3-6-10-20)16-17-31-21-14-12-19(13-15-21)8-4-2-7-11-23-24(29)28-26(30)33-23/h2-15H,16-17H2,1H3,(H,28,29,30)/b7-2+,8-4+,23-11-. The van der Waals surface area contributed by atoms with Crippen molar-refractivity contribution in [3.05, 3.63) is 102 Å². The van der Waals surface area contributed by atoms with E-state index in [0.717, 1.165) is 28.3 Å². The monoisotopic (exact) mass is 442 g/mol. The number of cyclic esters (lactones) is 1. The second kappa shape index (κ2) is 10.3. The Labute approximate surface area is 191 Å². The largest absolute Gasteiger partial charge is 0.493 e. The topological polar surface area (TPSA) is 90.7 Å². The lowest BCUT2D eigenvalue weighted by molar-refractivity contribution is -0.116. The fourth-order valence-corrected chi connectivity index (χ4v) is 3.11. The molecule has 3 aromatic rings. The normalized spacial score (nSPS) is 14.9. The molecule has 4 rings (SSSR count). The highest BCUT2D eigenvalue weighted by atomic mass is 16.6. The highest BCUT2D eigenvalue weighted by Crippen LogP contribution is 2.22. The van der Waals surface area contributed by atoms with E-state index in [4.69, 9.17) is 13.9 Å². The van der Waals surface area contributed by atoms with Gasteiger partial charge in [0.2, 0.25) is 5.89 Å². The van der Waals surface area contributed by atoms with Gasteiger partial charge in [0.05, 0.1) is 12.3 Å². The molecule has 0 radical (unpaired) electrons. The van der Waals surface area contributed by atoms with Gasteiger partial charge in [0.25, 0.3) is 5.91 Å². The molecular weight excluding hydrogens is 420 g/mol. The minimum Gasteiger partial charge on any atom is -0.493 e. The zero-order valence-electron chi connectivity index (χ0n) is 18.0. The van der Waals surface area contributed by atoms with E-state index in [9.17, 15) is 9.59 Å². The second-order valence-electron chi connectivity index (χ2n) is 7.17. The fraction of sp³-hybridized carbons (Fsp3) is 0.115. The van der Waals surface area contributed by atoms with E-state index >= 15 is 0 Å². The average molecular weight is 442 g/mol. The highest BCUT2D eigenvalue weighted by Gasteiger charge is 2.25. The predicted molar refractivity (Wildman–Crippen MR) is 123 cm³/mol. The molecule has 1 aliphatic rings. The van der Waals surface area contributed by atoms with Crippen LogP contribution in [0, 0.1) is 6.92 Å². The number of rotatable bonds is 8. The Morgan fingerprint density at radius 1 is 1.00 bits per heavy atom. The van der Waals surface area contributed by atoms with E-state index in [2.05, 4.69) is 4.98 Å².